The molecule has 2 aromatic carbocycles. The molecule has 0 aliphatic carbocycles. The van der Waals surface area contributed by atoms with Gasteiger partial charge >= 0.3 is 0 Å². The van der Waals surface area contributed by atoms with Gasteiger partial charge in [-0.2, -0.15) is 5.26 Å². The topological polar surface area (TPSA) is 57.1 Å². The van der Waals surface area contributed by atoms with E-state index >= 15 is 0 Å². The Hall–Kier alpha value is -2.58. The molecule has 0 atom stereocenters. The summed E-state index contributed by atoms with van der Waals surface area (Å²) in [7, 11) is 0. The molecule has 0 radical (unpaired) electrons. The van der Waals surface area contributed by atoms with Crippen LogP contribution in [0.15, 0.2) is 48.5 Å². The van der Waals surface area contributed by atoms with Crippen molar-refractivity contribution in [3.63, 3.8) is 0 Å². The van der Waals surface area contributed by atoms with Crippen LogP contribution in [0.4, 0.5) is 11.4 Å². The monoisotopic (exact) mass is 297 g/mol. The molecule has 2 N–H and O–H groups in total. The Kier molecular flexibility index (Phi) is 5.13. The molecule has 2 aromatic rings. The van der Waals surface area contributed by atoms with Gasteiger partial charge in [-0.15, -0.1) is 0 Å². The Morgan fingerprint density at radius 2 is 1.86 bits per heavy atom. The molecule has 0 aliphatic rings. The summed E-state index contributed by atoms with van der Waals surface area (Å²) in [6.07, 6.45) is 0. The van der Waals surface area contributed by atoms with Crippen molar-refractivity contribution >= 4 is 28.7 Å². The van der Waals surface area contributed by atoms with Crippen LogP contribution in [0.1, 0.15) is 12.5 Å². The van der Waals surface area contributed by atoms with Crippen LogP contribution in [0.2, 0.25) is 0 Å². The standard InChI is InChI=1S/C16H15N3OS/c1-2-20-15-8-6-13(7-9-15)18-16(21)19-14-5-3-4-12(10-14)11-17/h3-10H,2H2,1H3,(H2,18,19,21). The minimum absolute atomic E-state index is 0.467. The predicted octanol–water partition coefficient (Wildman–Crippen LogP) is 3.77. The highest BCUT2D eigenvalue weighted by Gasteiger charge is 2.00. The van der Waals surface area contributed by atoms with Crippen molar-refractivity contribution < 1.29 is 4.74 Å². The van der Waals surface area contributed by atoms with Crippen LogP contribution in [-0.4, -0.2) is 11.7 Å². The van der Waals surface area contributed by atoms with Gasteiger partial charge in [-0.25, -0.2) is 0 Å². The number of hydrogen-bond acceptors (Lipinski definition) is 3. The quantitative estimate of drug-likeness (QED) is 0.841. The van der Waals surface area contributed by atoms with E-state index in [2.05, 4.69) is 16.7 Å². The van der Waals surface area contributed by atoms with Crippen LogP contribution in [0.3, 0.4) is 0 Å². The SMILES string of the molecule is CCOc1ccc(NC(=S)Nc2cccc(C#N)c2)cc1. The van der Waals surface area contributed by atoms with Crippen molar-refractivity contribution in [3.05, 3.63) is 54.1 Å². The predicted molar refractivity (Wildman–Crippen MR) is 88.6 cm³/mol. The fourth-order valence-corrected chi connectivity index (χ4v) is 2.00. The minimum atomic E-state index is 0.467. The highest BCUT2D eigenvalue weighted by Crippen LogP contribution is 2.16. The number of nitrogens with zero attached hydrogens (tertiary/aromatic N) is 1. The lowest BCUT2D eigenvalue weighted by Crippen LogP contribution is -2.19. The van der Waals surface area contributed by atoms with E-state index in [4.69, 9.17) is 22.2 Å². The zero-order valence-corrected chi connectivity index (χ0v) is 12.4. The maximum absolute atomic E-state index is 8.86. The van der Waals surface area contributed by atoms with Gasteiger partial charge < -0.3 is 15.4 Å². The van der Waals surface area contributed by atoms with Crippen molar-refractivity contribution in [3.8, 4) is 11.8 Å². The lowest BCUT2D eigenvalue weighted by molar-refractivity contribution is 0.340. The van der Waals surface area contributed by atoms with Gasteiger partial charge in [-0.3, -0.25) is 0 Å². The van der Waals surface area contributed by atoms with Crippen LogP contribution < -0.4 is 15.4 Å². The number of thiocarbonyl (C=S) groups is 1. The molecule has 0 amide bonds. The van der Waals surface area contributed by atoms with E-state index in [9.17, 15) is 0 Å². The Labute approximate surface area is 129 Å². The van der Waals surface area contributed by atoms with E-state index in [1.54, 1.807) is 18.2 Å². The first-order valence-corrected chi connectivity index (χ1v) is 6.93. The molecule has 2 rings (SSSR count). The molecule has 0 fully saturated rings. The first-order valence-electron chi connectivity index (χ1n) is 6.52. The minimum Gasteiger partial charge on any atom is -0.494 e. The number of anilines is 2. The van der Waals surface area contributed by atoms with Gasteiger partial charge in [0.1, 0.15) is 5.75 Å². The van der Waals surface area contributed by atoms with Gasteiger partial charge in [0, 0.05) is 11.4 Å². The average molecular weight is 297 g/mol. The fourth-order valence-electron chi connectivity index (χ4n) is 1.76. The van der Waals surface area contributed by atoms with Crippen LogP contribution in [-0.2, 0) is 0 Å². The molecule has 4 nitrogen and oxygen atoms in total. The van der Waals surface area contributed by atoms with Gasteiger partial charge in [0.2, 0.25) is 0 Å². The lowest BCUT2D eigenvalue weighted by Gasteiger charge is -2.11. The van der Waals surface area contributed by atoms with Crippen molar-refractivity contribution in [1.82, 2.24) is 0 Å². The Morgan fingerprint density at radius 1 is 1.14 bits per heavy atom. The van der Waals surface area contributed by atoms with Crippen LogP contribution in [0.5, 0.6) is 5.75 Å². The summed E-state index contributed by atoms with van der Waals surface area (Å²) < 4.78 is 5.38. The number of nitriles is 1. The summed E-state index contributed by atoms with van der Waals surface area (Å²) in [6.45, 7) is 2.59. The first-order chi connectivity index (χ1) is 10.2. The molecule has 0 heterocycles. The first kappa shape index (κ1) is 14.8. The number of rotatable bonds is 4. The molecule has 0 aliphatic heterocycles. The number of ether oxygens (including phenoxy) is 1. The van der Waals surface area contributed by atoms with Gasteiger partial charge in [0.15, 0.2) is 5.11 Å². The van der Waals surface area contributed by atoms with Crippen LogP contribution in [0.25, 0.3) is 0 Å². The van der Waals surface area contributed by atoms with E-state index < -0.39 is 0 Å². The van der Waals surface area contributed by atoms with Crippen molar-refractivity contribution in [2.24, 2.45) is 0 Å². The Morgan fingerprint density at radius 3 is 2.52 bits per heavy atom. The molecule has 0 aromatic heterocycles. The average Bonchev–Trinajstić information content (AvgIpc) is 2.49. The highest BCUT2D eigenvalue weighted by molar-refractivity contribution is 7.80. The second-order valence-electron chi connectivity index (χ2n) is 4.23. The fraction of sp³-hybridized carbons (Fsp3) is 0.125. The van der Waals surface area contributed by atoms with Crippen molar-refractivity contribution in [2.75, 3.05) is 17.2 Å². The smallest absolute Gasteiger partial charge is 0.175 e. The second kappa shape index (κ2) is 7.27. The van der Waals surface area contributed by atoms with Gasteiger partial charge in [0.25, 0.3) is 0 Å². The highest BCUT2D eigenvalue weighted by atomic mass is 32.1. The lowest BCUT2D eigenvalue weighted by atomic mass is 10.2. The maximum atomic E-state index is 8.86. The normalized spacial score (nSPS) is 9.52. The van der Waals surface area contributed by atoms with Gasteiger partial charge in [-0.05, 0) is 61.6 Å². The van der Waals surface area contributed by atoms with Crippen LogP contribution in [0, 0.1) is 11.3 Å². The van der Waals surface area contributed by atoms with E-state index in [0.29, 0.717) is 17.3 Å². The summed E-state index contributed by atoms with van der Waals surface area (Å²) in [6, 6.07) is 16.8. The maximum Gasteiger partial charge on any atom is 0.175 e. The summed E-state index contributed by atoms with van der Waals surface area (Å²) in [5.41, 5.74) is 2.23. The van der Waals surface area contributed by atoms with Gasteiger partial charge in [-0.1, -0.05) is 6.07 Å². The number of benzene rings is 2. The number of nitrogens with one attached hydrogen (secondary N) is 2. The van der Waals surface area contributed by atoms with Crippen molar-refractivity contribution in [1.29, 1.82) is 5.26 Å². The molecular formula is C16H15N3OS. The summed E-state index contributed by atoms with van der Waals surface area (Å²) in [4.78, 5) is 0. The zero-order valence-electron chi connectivity index (χ0n) is 11.6. The molecule has 0 unspecified atom stereocenters. The zero-order chi connectivity index (χ0) is 15.1. The van der Waals surface area contributed by atoms with Crippen LogP contribution >= 0.6 is 12.2 Å². The number of hydrogen-bond donors (Lipinski definition) is 2. The molecule has 0 bridgehead atoms. The Bertz CT molecular complexity index is 662. The Balaban J connectivity index is 1.96. The molecule has 0 saturated carbocycles. The molecule has 106 valence electrons. The van der Waals surface area contributed by atoms with Gasteiger partial charge in [0.05, 0.1) is 18.2 Å². The third kappa shape index (κ3) is 4.48. The molecular weight excluding hydrogens is 282 g/mol. The molecule has 5 heteroatoms. The van der Waals surface area contributed by atoms with E-state index in [0.717, 1.165) is 17.1 Å². The van der Waals surface area contributed by atoms with E-state index in [-0.39, 0.29) is 0 Å². The molecule has 21 heavy (non-hydrogen) atoms. The van der Waals surface area contributed by atoms with Crippen molar-refractivity contribution in [2.45, 2.75) is 6.92 Å². The van der Waals surface area contributed by atoms with E-state index in [1.165, 1.54) is 0 Å². The summed E-state index contributed by atoms with van der Waals surface area (Å²) in [5.74, 6) is 0.823. The van der Waals surface area contributed by atoms with E-state index in [1.807, 2.05) is 37.3 Å². The second-order valence-corrected chi connectivity index (χ2v) is 4.64. The third-order valence-electron chi connectivity index (χ3n) is 2.67. The third-order valence-corrected chi connectivity index (χ3v) is 2.88. The molecule has 0 spiro atoms. The largest absolute Gasteiger partial charge is 0.494 e. The summed E-state index contributed by atoms with van der Waals surface area (Å²) >= 11 is 5.25. The summed E-state index contributed by atoms with van der Waals surface area (Å²) in [5, 5.41) is 15.5. The molecule has 0 saturated heterocycles.